The maximum atomic E-state index is 12.8. The number of aryl methyl sites for hydroxylation is 1. The van der Waals surface area contributed by atoms with Gasteiger partial charge in [-0.1, -0.05) is 17.7 Å². The number of nitrogens with one attached hydrogen (secondary N) is 2. The van der Waals surface area contributed by atoms with Crippen LogP contribution in [-0.4, -0.2) is 24.9 Å². The number of amides is 2. The zero-order valence-corrected chi connectivity index (χ0v) is 17.3. The van der Waals surface area contributed by atoms with Gasteiger partial charge in [-0.25, -0.2) is 0 Å². The van der Waals surface area contributed by atoms with E-state index in [2.05, 4.69) is 29.4 Å². The van der Waals surface area contributed by atoms with Gasteiger partial charge in [0.25, 0.3) is 0 Å². The molecule has 3 rings (SSSR count). The standard InChI is InChI=1S/C22H26ClN3O2/c1-4-26(5-2)18-10-8-17(9-11-18)24-20(27)22(12-13-22)21(28)25-19-14-16(23)7-6-15(19)3/h6-11,14H,4-5,12-13H2,1-3H3,(H,24,27)(H,25,28). The summed E-state index contributed by atoms with van der Waals surface area (Å²) in [5.41, 5.74) is 2.34. The lowest BCUT2D eigenvalue weighted by molar-refractivity contribution is -0.131. The molecule has 0 spiro atoms. The van der Waals surface area contributed by atoms with Crippen LogP contribution < -0.4 is 15.5 Å². The van der Waals surface area contributed by atoms with Gasteiger partial charge in [-0.05, 0) is 75.6 Å². The highest BCUT2D eigenvalue weighted by molar-refractivity contribution is 6.31. The van der Waals surface area contributed by atoms with E-state index in [0.29, 0.717) is 29.2 Å². The van der Waals surface area contributed by atoms with E-state index in [1.54, 1.807) is 12.1 Å². The number of carbonyl (C=O) groups is 2. The number of anilines is 3. The maximum absolute atomic E-state index is 12.8. The van der Waals surface area contributed by atoms with E-state index < -0.39 is 5.41 Å². The number of hydrogen-bond acceptors (Lipinski definition) is 3. The van der Waals surface area contributed by atoms with E-state index in [1.165, 1.54) is 0 Å². The Bertz CT molecular complexity index is 872. The zero-order valence-electron chi connectivity index (χ0n) is 16.5. The van der Waals surface area contributed by atoms with Gasteiger partial charge in [0.15, 0.2) is 0 Å². The Morgan fingerprint density at radius 1 is 1.00 bits per heavy atom. The molecule has 1 aliphatic carbocycles. The Kier molecular flexibility index (Phi) is 5.94. The molecule has 2 N–H and O–H groups in total. The predicted octanol–water partition coefficient (Wildman–Crippen LogP) is 4.85. The predicted molar refractivity (Wildman–Crippen MR) is 115 cm³/mol. The molecule has 0 unspecified atom stereocenters. The SMILES string of the molecule is CCN(CC)c1ccc(NC(=O)C2(C(=O)Nc3cc(Cl)ccc3C)CC2)cc1. The number of benzene rings is 2. The second-order valence-corrected chi connectivity index (χ2v) is 7.61. The average Bonchev–Trinajstić information content (AvgIpc) is 3.49. The smallest absolute Gasteiger partial charge is 0.240 e. The molecule has 2 aromatic carbocycles. The summed E-state index contributed by atoms with van der Waals surface area (Å²) >= 11 is 6.02. The number of rotatable bonds is 7. The van der Waals surface area contributed by atoms with Crippen molar-refractivity contribution < 1.29 is 9.59 Å². The fraction of sp³-hybridized carbons (Fsp3) is 0.364. The lowest BCUT2D eigenvalue weighted by Gasteiger charge is -2.21. The number of carbonyl (C=O) groups excluding carboxylic acids is 2. The minimum absolute atomic E-state index is 0.264. The highest BCUT2D eigenvalue weighted by Crippen LogP contribution is 2.47. The van der Waals surface area contributed by atoms with Crippen molar-refractivity contribution in [3.05, 3.63) is 53.1 Å². The first-order valence-corrected chi connectivity index (χ1v) is 10.0. The molecule has 0 aliphatic heterocycles. The molecule has 2 aromatic rings. The van der Waals surface area contributed by atoms with Gasteiger partial charge in [-0.3, -0.25) is 9.59 Å². The third-order valence-corrected chi connectivity index (χ3v) is 5.56. The van der Waals surface area contributed by atoms with Crippen molar-refractivity contribution in [2.24, 2.45) is 5.41 Å². The summed E-state index contributed by atoms with van der Waals surface area (Å²) in [5.74, 6) is -0.546. The van der Waals surface area contributed by atoms with E-state index >= 15 is 0 Å². The summed E-state index contributed by atoms with van der Waals surface area (Å²) in [6, 6.07) is 13.0. The Morgan fingerprint density at radius 3 is 2.18 bits per heavy atom. The number of nitrogens with zero attached hydrogens (tertiary/aromatic N) is 1. The van der Waals surface area contributed by atoms with Crippen LogP contribution in [0, 0.1) is 12.3 Å². The average molecular weight is 400 g/mol. The van der Waals surface area contributed by atoms with Crippen molar-refractivity contribution >= 4 is 40.5 Å². The van der Waals surface area contributed by atoms with E-state index in [4.69, 9.17) is 11.6 Å². The van der Waals surface area contributed by atoms with E-state index in [-0.39, 0.29) is 11.8 Å². The van der Waals surface area contributed by atoms with Gasteiger partial charge in [-0.15, -0.1) is 0 Å². The Balaban J connectivity index is 1.68. The van der Waals surface area contributed by atoms with Gasteiger partial charge < -0.3 is 15.5 Å². The van der Waals surface area contributed by atoms with Crippen LogP contribution in [0.1, 0.15) is 32.3 Å². The second kappa shape index (κ2) is 8.23. The molecule has 5 nitrogen and oxygen atoms in total. The first kappa shape index (κ1) is 20.2. The van der Waals surface area contributed by atoms with Gasteiger partial charge in [-0.2, -0.15) is 0 Å². The minimum atomic E-state index is -1.01. The van der Waals surface area contributed by atoms with Crippen LogP contribution in [0.5, 0.6) is 0 Å². The molecule has 2 amide bonds. The van der Waals surface area contributed by atoms with E-state index in [0.717, 1.165) is 24.3 Å². The van der Waals surface area contributed by atoms with Crippen molar-refractivity contribution in [3.8, 4) is 0 Å². The fourth-order valence-corrected chi connectivity index (χ4v) is 3.42. The zero-order chi connectivity index (χ0) is 20.3. The molecule has 1 saturated carbocycles. The maximum Gasteiger partial charge on any atom is 0.240 e. The van der Waals surface area contributed by atoms with Crippen LogP contribution in [0.15, 0.2) is 42.5 Å². The molecule has 0 aromatic heterocycles. The van der Waals surface area contributed by atoms with Crippen LogP contribution >= 0.6 is 11.6 Å². The molecular formula is C22H26ClN3O2. The van der Waals surface area contributed by atoms with Gasteiger partial charge in [0, 0.05) is 35.2 Å². The quantitative estimate of drug-likeness (QED) is 0.654. The van der Waals surface area contributed by atoms with Gasteiger partial charge >= 0.3 is 0 Å². The molecule has 0 bridgehead atoms. The van der Waals surface area contributed by atoms with Crippen LogP contribution in [0.4, 0.5) is 17.1 Å². The molecule has 28 heavy (non-hydrogen) atoms. The second-order valence-electron chi connectivity index (χ2n) is 7.17. The highest BCUT2D eigenvalue weighted by atomic mass is 35.5. The summed E-state index contributed by atoms with van der Waals surface area (Å²) in [6.45, 7) is 7.96. The first-order chi connectivity index (χ1) is 13.4. The van der Waals surface area contributed by atoms with Crippen LogP contribution in [0.25, 0.3) is 0 Å². The van der Waals surface area contributed by atoms with Gasteiger partial charge in [0.1, 0.15) is 5.41 Å². The normalized spacial score (nSPS) is 14.3. The molecule has 0 radical (unpaired) electrons. The van der Waals surface area contributed by atoms with Crippen LogP contribution in [0.3, 0.4) is 0 Å². The van der Waals surface area contributed by atoms with Crippen LogP contribution in [0.2, 0.25) is 5.02 Å². The summed E-state index contributed by atoms with van der Waals surface area (Å²) in [4.78, 5) is 27.8. The molecule has 6 heteroatoms. The third-order valence-electron chi connectivity index (χ3n) is 5.32. The van der Waals surface area contributed by atoms with Crippen molar-refractivity contribution in [2.75, 3.05) is 28.6 Å². The van der Waals surface area contributed by atoms with Gasteiger partial charge in [0.2, 0.25) is 11.8 Å². The topological polar surface area (TPSA) is 61.4 Å². The van der Waals surface area contributed by atoms with E-state index in [9.17, 15) is 9.59 Å². The minimum Gasteiger partial charge on any atom is -0.372 e. The molecular weight excluding hydrogens is 374 g/mol. The van der Waals surface area contributed by atoms with E-state index in [1.807, 2.05) is 37.3 Å². The summed E-state index contributed by atoms with van der Waals surface area (Å²) in [7, 11) is 0. The van der Waals surface area contributed by atoms with Crippen molar-refractivity contribution in [1.29, 1.82) is 0 Å². The Labute approximate surface area is 171 Å². The van der Waals surface area contributed by atoms with Crippen molar-refractivity contribution in [3.63, 3.8) is 0 Å². The molecule has 148 valence electrons. The molecule has 1 aliphatic rings. The summed E-state index contributed by atoms with van der Waals surface area (Å²) in [5, 5.41) is 6.31. The first-order valence-electron chi connectivity index (χ1n) is 9.63. The lowest BCUT2D eigenvalue weighted by Crippen LogP contribution is -2.35. The van der Waals surface area contributed by atoms with Crippen LogP contribution in [-0.2, 0) is 9.59 Å². The molecule has 0 atom stereocenters. The molecule has 0 saturated heterocycles. The molecule has 1 fully saturated rings. The monoisotopic (exact) mass is 399 g/mol. The summed E-state index contributed by atoms with van der Waals surface area (Å²) < 4.78 is 0. The third kappa shape index (κ3) is 4.14. The molecule has 0 heterocycles. The lowest BCUT2D eigenvalue weighted by atomic mass is 10.0. The highest BCUT2D eigenvalue weighted by Gasteiger charge is 2.56. The van der Waals surface area contributed by atoms with Crippen molar-refractivity contribution in [1.82, 2.24) is 0 Å². The van der Waals surface area contributed by atoms with Gasteiger partial charge in [0.05, 0.1) is 0 Å². The Morgan fingerprint density at radius 2 is 1.61 bits per heavy atom. The fourth-order valence-electron chi connectivity index (χ4n) is 3.25. The number of halogens is 1. The largest absolute Gasteiger partial charge is 0.372 e. The van der Waals surface area contributed by atoms with Crippen molar-refractivity contribution in [2.45, 2.75) is 33.6 Å². The summed E-state index contributed by atoms with van der Waals surface area (Å²) in [6.07, 6.45) is 1.09. The number of hydrogen-bond donors (Lipinski definition) is 2. The Hall–Kier alpha value is -2.53.